The molecule has 1 saturated carbocycles. The summed E-state index contributed by atoms with van der Waals surface area (Å²) in [6.07, 6.45) is 2.92. The van der Waals surface area contributed by atoms with E-state index in [1.807, 2.05) is 25.1 Å². The summed E-state index contributed by atoms with van der Waals surface area (Å²) in [5.41, 5.74) is 4.47. The van der Waals surface area contributed by atoms with Crippen LogP contribution in [0, 0.1) is 12.7 Å². The number of hydrogen-bond acceptors (Lipinski definition) is 5. The standard InChI is InChI=1S/C29H23ClFNO5/c1-15-3-2-4-21(30)25(15)27-20(28(37-32-27)17-6-7-17)14-35-23-12-11-22-19(26(23)31)10-9-16-5-8-18(29(33)34)13-24(16)36-22/h2-5,8,11-13,17H,6-7,9-10,14H2,1H3,(H,33,34). The number of rotatable bonds is 6. The van der Waals surface area contributed by atoms with E-state index in [9.17, 15) is 9.90 Å². The molecule has 1 aliphatic carbocycles. The van der Waals surface area contributed by atoms with Crippen LogP contribution in [-0.4, -0.2) is 16.2 Å². The van der Waals surface area contributed by atoms with E-state index in [0.29, 0.717) is 40.6 Å². The van der Waals surface area contributed by atoms with Crippen LogP contribution in [0.5, 0.6) is 17.2 Å². The van der Waals surface area contributed by atoms with Crippen LogP contribution in [-0.2, 0) is 19.4 Å². The van der Waals surface area contributed by atoms with Gasteiger partial charge in [-0.3, -0.25) is 0 Å². The Bertz CT molecular complexity index is 1520. The predicted molar refractivity (Wildman–Crippen MR) is 135 cm³/mol. The topological polar surface area (TPSA) is 81.8 Å². The molecule has 0 saturated heterocycles. The molecule has 0 atom stereocenters. The molecular weight excluding hydrogens is 497 g/mol. The summed E-state index contributed by atoms with van der Waals surface area (Å²) in [6, 6.07) is 13.6. The largest absolute Gasteiger partial charge is 0.486 e. The summed E-state index contributed by atoms with van der Waals surface area (Å²) < 4.78 is 33.4. The third kappa shape index (κ3) is 4.33. The highest BCUT2D eigenvalue weighted by Crippen LogP contribution is 2.46. The second kappa shape index (κ2) is 9.23. The summed E-state index contributed by atoms with van der Waals surface area (Å²) in [4.78, 5) is 11.4. The Morgan fingerprint density at radius 3 is 2.76 bits per heavy atom. The van der Waals surface area contributed by atoms with E-state index in [4.69, 9.17) is 25.6 Å². The van der Waals surface area contributed by atoms with Crippen molar-refractivity contribution in [1.29, 1.82) is 0 Å². The highest BCUT2D eigenvalue weighted by atomic mass is 35.5. The molecule has 1 aliphatic heterocycles. The molecule has 0 unspecified atom stereocenters. The highest BCUT2D eigenvalue weighted by Gasteiger charge is 2.34. The van der Waals surface area contributed by atoms with E-state index in [2.05, 4.69) is 5.16 Å². The molecule has 2 aliphatic rings. The van der Waals surface area contributed by atoms with Gasteiger partial charge in [0, 0.05) is 17.0 Å². The van der Waals surface area contributed by atoms with Gasteiger partial charge < -0.3 is 19.1 Å². The van der Waals surface area contributed by atoms with Crippen LogP contribution in [0.25, 0.3) is 11.3 Å². The number of carboxylic acids is 1. The molecule has 0 radical (unpaired) electrons. The molecule has 8 heteroatoms. The van der Waals surface area contributed by atoms with Crippen LogP contribution >= 0.6 is 11.6 Å². The normalized spacial score (nSPS) is 14.4. The first-order chi connectivity index (χ1) is 17.9. The van der Waals surface area contributed by atoms with Gasteiger partial charge in [0.2, 0.25) is 0 Å². The lowest BCUT2D eigenvalue weighted by molar-refractivity contribution is 0.0696. The zero-order valence-electron chi connectivity index (χ0n) is 20.0. The Labute approximate surface area is 217 Å². The van der Waals surface area contributed by atoms with Gasteiger partial charge >= 0.3 is 5.97 Å². The summed E-state index contributed by atoms with van der Waals surface area (Å²) in [7, 11) is 0. The number of fused-ring (bicyclic) bond motifs is 2. The average Bonchev–Trinajstić information content (AvgIpc) is 3.66. The number of aromatic carboxylic acids is 1. The second-order valence-corrected chi connectivity index (χ2v) is 9.86. The lowest BCUT2D eigenvalue weighted by Crippen LogP contribution is -2.04. The minimum absolute atomic E-state index is 0.0775. The Morgan fingerprint density at radius 2 is 2.00 bits per heavy atom. The van der Waals surface area contributed by atoms with E-state index in [1.165, 1.54) is 18.2 Å². The second-order valence-electron chi connectivity index (χ2n) is 9.45. The van der Waals surface area contributed by atoms with E-state index >= 15 is 4.39 Å². The molecule has 2 heterocycles. The SMILES string of the molecule is Cc1cccc(Cl)c1-c1noc(C2CC2)c1COc1ccc2c(c1F)CCc1ccc(C(=O)O)cc1O2. The van der Waals surface area contributed by atoms with Crippen molar-refractivity contribution >= 4 is 17.6 Å². The maximum atomic E-state index is 15.7. The number of nitrogens with zero attached hydrogens (tertiary/aromatic N) is 1. The van der Waals surface area contributed by atoms with Gasteiger partial charge in [0.15, 0.2) is 11.6 Å². The number of aromatic nitrogens is 1. The zero-order valence-corrected chi connectivity index (χ0v) is 20.8. The van der Waals surface area contributed by atoms with Gasteiger partial charge in [-0.05, 0) is 74.1 Å². The van der Waals surface area contributed by atoms with Gasteiger partial charge in [-0.2, -0.15) is 0 Å². The third-order valence-corrected chi connectivity index (χ3v) is 7.26. The zero-order chi connectivity index (χ0) is 25.7. The van der Waals surface area contributed by atoms with E-state index in [0.717, 1.165) is 40.9 Å². The van der Waals surface area contributed by atoms with Crippen LogP contribution < -0.4 is 9.47 Å². The van der Waals surface area contributed by atoms with Crippen LogP contribution in [0.15, 0.2) is 53.1 Å². The van der Waals surface area contributed by atoms with E-state index < -0.39 is 11.8 Å². The first-order valence-electron chi connectivity index (χ1n) is 12.1. The van der Waals surface area contributed by atoms with Crippen molar-refractivity contribution in [2.24, 2.45) is 0 Å². The van der Waals surface area contributed by atoms with E-state index in [-0.39, 0.29) is 23.8 Å². The molecule has 0 amide bonds. The fourth-order valence-electron chi connectivity index (χ4n) is 4.80. The Morgan fingerprint density at radius 1 is 1.16 bits per heavy atom. The Kier molecular flexibility index (Phi) is 5.88. The first-order valence-corrected chi connectivity index (χ1v) is 12.5. The third-order valence-electron chi connectivity index (χ3n) is 6.94. The van der Waals surface area contributed by atoms with E-state index in [1.54, 1.807) is 12.1 Å². The van der Waals surface area contributed by atoms with Gasteiger partial charge in [0.05, 0.1) is 16.1 Å². The molecular formula is C29H23ClFNO5. The molecule has 1 aromatic heterocycles. The maximum Gasteiger partial charge on any atom is 0.335 e. The van der Waals surface area contributed by atoms with Crippen molar-refractivity contribution in [3.05, 3.63) is 92.9 Å². The number of benzene rings is 3. The molecule has 6 rings (SSSR count). The van der Waals surface area contributed by atoms with Crippen molar-refractivity contribution in [1.82, 2.24) is 5.16 Å². The molecule has 188 valence electrons. The molecule has 1 fully saturated rings. The number of hydrogen-bond donors (Lipinski definition) is 1. The fourth-order valence-corrected chi connectivity index (χ4v) is 5.11. The number of ether oxygens (including phenoxy) is 2. The quantitative estimate of drug-likeness (QED) is 0.284. The highest BCUT2D eigenvalue weighted by molar-refractivity contribution is 6.33. The summed E-state index contributed by atoms with van der Waals surface area (Å²) in [6.45, 7) is 2.04. The Balaban J connectivity index is 1.30. The van der Waals surface area contributed by atoms with Crippen molar-refractivity contribution in [2.45, 2.75) is 45.1 Å². The van der Waals surface area contributed by atoms with Crippen molar-refractivity contribution < 1.29 is 28.3 Å². The number of carboxylic acid groups (broad SMARTS) is 1. The molecule has 4 aromatic rings. The van der Waals surface area contributed by atoms with Gasteiger partial charge in [-0.25, -0.2) is 9.18 Å². The van der Waals surface area contributed by atoms with Crippen molar-refractivity contribution in [3.63, 3.8) is 0 Å². The number of carbonyl (C=O) groups is 1. The van der Waals surface area contributed by atoms with Crippen LogP contribution in [0.2, 0.25) is 5.02 Å². The summed E-state index contributed by atoms with van der Waals surface area (Å²) in [5, 5.41) is 14.2. The molecule has 0 bridgehead atoms. The maximum absolute atomic E-state index is 15.7. The summed E-state index contributed by atoms with van der Waals surface area (Å²) in [5.74, 6) is 0.372. The van der Waals surface area contributed by atoms with Crippen molar-refractivity contribution in [3.8, 4) is 28.5 Å². The number of halogens is 2. The smallest absolute Gasteiger partial charge is 0.335 e. The minimum atomic E-state index is -1.04. The van der Waals surface area contributed by atoms with Crippen molar-refractivity contribution in [2.75, 3.05) is 0 Å². The van der Waals surface area contributed by atoms with Gasteiger partial charge in [-0.1, -0.05) is 35.0 Å². The number of aryl methyl sites for hydroxylation is 2. The lowest BCUT2D eigenvalue weighted by Gasteiger charge is -2.14. The molecule has 1 N–H and O–H groups in total. The lowest BCUT2D eigenvalue weighted by atomic mass is 10.0. The van der Waals surface area contributed by atoms with Crippen LogP contribution in [0.3, 0.4) is 0 Å². The van der Waals surface area contributed by atoms with Gasteiger partial charge in [0.1, 0.15) is 29.6 Å². The average molecular weight is 520 g/mol. The fraction of sp³-hybridized carbons (Fsp3) is 0.241. The predicted octanol–water partition coefficient (Wildman–Crippen LogP) is 7.49. The van der Waals surface area contributed by atoms with Crippen LogP contribution in [0.1, 0.15) is 57.1 Å². The van der Waals surface area contributed by atoms with Gasteiger partial charge in [-0.15, -0.1) is 0 Å². The minimum Gasteiger partial charge on any atom is -0.486 e. The Hall–Kier alpha value is -3.84. The molecule has 37 heavy (non-hydrogen) atoms. The molecule has 3 aromatic carbocycles. The first kappa shape index (κ1) is 23.6. The molecule has 6 nitrogen and oxygen atoms in total. The monoisotopic (exact) mass is 519 g/mol. The summed E-state index contributed by atoms with van der Waals surface area (Å²) >= 11 is 6.51. The van der Waals surface area contributed by atoms with Crippen LogP contribution in [0.4, 0.5) is 4.39 Å². The molecule has 0 spiro atoms. The van der Waals surface area contributed by atoms with Gasteiger partial charge in [0.25, 0.3) is 0 Å².